The molecule has 0 radical (unpaired) electrons. The lowest BCUT2D eigenvalue weighted by molar-refractivity contribution is -0.122. The van der Waals surface area contributed by atoms with Crippen LogP contribution in [0.2, 0.25) is 0 Å². The zero-order valence-corrected chi connectivity index (χ0v) is 9.30. The number of thioether (sulfide) groups is 1. The quantitative estimate of drug-likeness (QED) is 0.702. The van der Waals surface area contributed by atoms with Crippen LogP contribution < -0.4 is 10.6 Å². The number of hydrogen-bond acceptors (Lipinski definition) is 2. The molecular weight excluding hydrogens is 229 g/mol. The molecule has 0 saturated carbocycles. The Kier molecular flexibility index (Phi) is 7.37. The lowest BCUT2D eigenvalue weighted by atomic mass is 10.3. The minimum atomic E-state index is -4.35. The number of urea groups is 1. The van der Waals surface area contributed by atoms with E-state index in [2.05, 4.69) is 5.32 Å². The fraction of sp³-hybridized carbons (Fsp3) is 0.875. The van der Waals surface area contributed by atoms with Crippen LogP contribution in [0.5, 0.6) is 0 Å². The number of rotatable bonds is 6. The molecule has 0 aromatic heterocycles. The topological polar surface area (TPSA) is 41.1 Å². The van der Waals surface area contributed by atoms with Crippen LogP contribution in [0.4, 0.5) is 18.0 Å². The molecule has 0 aliphatic rings. The van der Waals surface area contributed by atoms with Crippen LogP contribution in [0.15, 0.2) is 0 Å². The number of amides is 2. The van der Waals surface area contributed by atoms with Gasteiger partial charge in [-0.1, -0.05) is 0 Å². The highest BCUT2D eigenvalue weighted by atomic mass is 32.2. The predicted octanol–water partition coefficient (Wildman–Crippen LogP) is 1.99. The van der Waals surface area contributed by atoms with Crippen molar-refractivity contribution in [3.8, 4) is 0 Å². The summed E-state index contributed by atoms with van der Waals surface area (Å²) in [7, 11) is 0. The van der Waals surface area contributed by atoms with E-state index in [1.165, 1.54) is 0 Å². The van der Waals surface area contributed by atoms with E-state index in [-0.39, 0.29) is 0 Å². The van der Waals surface area contributed by atoms with Crippen molar-refractivity contribution < 1.29 is 18.0 Å². The maximum absolute atomic E-state index is 11.7. The molecule has 7 heteroatoms. The lowest BCUT2D eigenvalue weighted by Crippen LogP contribution is -2.41. The normalized spacial score (nSPS) is 11.2. The molecule has 0 fully saturated rings. The number of carbonyl (C=O) groups excluding carboxylic acids is 1. The second-order valence-electron chi connectivity index (χ2n) is 2.92. The molecule has 0 spiro atoms. The Morgan fingerprint density at radius 2 is 1.93 bits per heavy atom. The summed E-state index contributed by atoms with van der Waals surface area (Å²) in [6, 6.07) is -0.767. The van der Waals surface area contributed by atoms with Crippen LogP contribution in [0.3, 0.4) is 0 Å². The van der Waals surface area contributed by atoms with E-state index in [1.807, 2.05) is 6.26 Å². The SMILES string of the molecule is CSCCCCNC(=O)NCC(F)(F)F. The van der Waals surface area contributed by atoms with Crippen molar-refractivity contribution in [1.82, 2.24) is 10.6 Å². The van der Waals surface area contributed by atoms with Crippen LogP contribution in [0.1, 0.15) is 12.8 Å². The highest BCUT2D eigenvalue weighted by Crippen LogP contribution is 2.11. The molecule has 0 unspecified atom stereocenters. The van der Waals surface area contributed by atoms with E-state index >= 15 is 0 Å². The largest absolute Gasteiger partial charge is 0.405 e. The summed E-state index contributed by atoms with van der Waals surface area (Å²) in [5, 5.41) is 4.09. The first kappa shape index (κ1) is 14.4. The molecular formula is C8H15F3N2OS. The molecule has 90 valence electrons. The summed E-state index contributed by atoms with van der Waals surface area (Å²) in [4.78, 5) is 10.8. The number of unbranched alkanes of at least 4 members (excludes halogenated alkanes) is 1. The van der Waals surface area contributed by atoms with Gasteiger partial charge in [-0.2, -0.15) is 24.9 Å². The Labute approximate surface area is 91.2 Å². The molecule has 2 amide bonds. The lowest BCUT2D eigenvalue weighted by Gasteiger charge is -2.09. The van der Waals surface area contributed by atoms with Crippen molar-refractivity contribution in [2.24, 2.45) is 0 Å². The summed E-state index contributed by atoms with van der Waals surface area (Å²) in [6.07, 6.45) is -0.652. The molecule has 0 bridgehead atoms. The minimum absolute atomic E-state index is 0.407. The van der Waals surface area contributed by atoms with Gasteiger partial charge in [-0.3, -0.25) is 0 Å². The highest BCUT2D eigenvalue weighted by Gasteiger charge is 2.27. The average molecular weight is 244 g/mol. The van der Waals surface area contributed by atoms with Crippen molar-refractivity contribution in [1.29, 1.82) is 0 Å². The van der Waals surface area contributed by atoms with Crippen LogP contribution in [-0.2, 0) is 0 Å². The molecule has 0 rings (SSSR count). The molecule has 0 saturated heterocycles. The summed E-state index contributed by atoms with van der Waals surface area (Å²) in [6.45, 7) is -0.881. The van der Waals surface area contributed by atoms with Crippen molar-refractivity contribution in [2.75, 3.05) is 25.1 Å². The Morgan fingerprint density at radius 1 is 1.27 bits per heavy atom. The van der Waals surface area contributed by atoms with Gasteiger partial charge in [0, 0.05) is 6.54 Å². The van der Waals surface area contributed by atoms with E-state index in [0.717, 1.165) is 18.6 Å². The van der Waals surface area contributed by atoms with Gasteiger partial charge in [0.1, 0.15) is 6.54 Å². The predicted molar refractivity (Wildman–Crippen MR) is 55.1 cm³/mol. The monoisotopic (exact) mass is 244 g/mol. The van der Waals surface area contributed by atoms with Gasteiger partial charge in [0.25, 0.3) is 0 Å². The van der Waals surface area contributed by atoms with E-state index in [1.54, 1.807) is 17.1 Å². The Bertz CT molecular complexity index is 187. The van der Waals surface area contributed by atoms with Crippen LogP contribution in [0, 0.1) is 0 Å². The van der Waals surface area contributed by atoms with E-state index < -0.39 is 18.8 Å². The van der Waals surface area contributed by atoms with E-state index in [0.29, 0.717) is 6.54 Å². The first-order valence-electron chi connectivity index (χ1n) is 4.53. The summed E-state index contributed by atoms with van der Waals surface area (Å²) in [5.74, 6) is 0.992. The van der Waals surface area contributed by atoms with Gasteiger partial charge >= 0.3 is 12.2 Å². The average Bonchev–Trinajstić information content (AvgIpc) is 2.13. The van der Waals surface area contributed by atoms with Crippen molar-refractivity contribution in [3.63, 3.8) is 0 Å². The smallest absolute Gasteiger partial charge is 0.338 e. The van der Waals surface area contributed by atoms with Crippen molar-refractivity contribution >= 4 is 17.8 Å². The first-order chi connectivity index (χ1) is 6.95. The molecule has 0 aromatic rings. The fourth-order valence-electron chi connectivity index (χ4n) is 0.816. The van der Waals surface area contributed by atoms with Gasteiger partial charge in [0.2, 0.25) is 0 Å². The minimum Gasteiger partial charge on any atom is -0.338 e. The molecule has 15 heavy (non-hydrogen) atoms. The van der Waals surface area contributed by atoms with Gasteiger partial charge in [0.05, 0.1) is 0 Å². The summed E-state index contributed by atoms with van der Waals surface area (Å²) < 4.78 is 35.0. The second-order valence-corrected chi connectivity index (χ2v) is 3.91. The Morgan fingerprint density at radius 3 is 2.47 bits per heavy atom. The maximum atomic E-state index is 11.7. The molecule has 0 atom stereocenters. The Balaban J connectivity index is 3.34. The Hall–Kier alpha value is -0.590. The zero-order valence-electron chi connectivity index (χ0n) is 8.49. The van der Waals surface area contributed by atoms with Crippen molar-refractivity contribution in [3.05, 3.63) is 0 Å². The van der Waals surface area contributed by atoms with E-state index in [9.17, 15) is 18.0 Å². The summed E-state index contributed by atoms with van der Waals surface area (Å²) >= 11 is 1.70. The zero-order chi connectivity index (χ0) is 11.7. The summed E-state index contributed by atoms with van der Waals surface area (Å²) in [5.41, 5.74) is 0. The number of carbonyl (C=O) groups is 1. The fourth-order valence-corrected chi connectivity index (χ4v) is 1.31. The first-order valence-corrected chi connectivity index (χ1v) is 5.92. The van der Waals surface area contributed by atoms with Crippen molar-refractivity contribution in [2.45, 2.75) is 19.0 Å². The maximum Gasteiger partial charge on any atom is 0.405 e. The highest BCUT2D eigenvalue weighted by molar-refractivity contribution is 7.98. The number of hydrogen-bond donors (Lipinski definition) is 2. The standard InChI is InChI=1S/C8H15F3N2OS/c1-15-5-3-2-4-12-7(14)13-6-8(9,10)11/h2-6H2,1H3,(H2,12,13,14). The van der Waals surface area contributed by atoms with Gasteiger partial charge in [-0.05, 0) is 24.9 Å². The van der Waals surface area contributed by atoms with Gasteiger partial charge < -0.3 is 10.6 Å². The van der Waals surface area contributed by atoms with Crippen LogP contribution >= 0.6 is 11.8 Å². The number of alkyl halides is 3. The third-order valence-corrected chi connectivity index (χ3v) is 2.21. The molecule has 2 N–H and O–H groups in total. The third-order valence-electron chi connectivity index (χ3n) is 1.51. The number of nitrogens with one attached hydrogen (secondary N) is 2. The van der Waals surface area contributed by atoms with Crippen LogP contribution in [0.25, 0.3) is 0 Å². The molecule has 0 aromatic carbocycles. The van der Waals surface area contributed by atoms with Gasteiger partial charge in [-0.25, -0.2) is 4.79 Å². The van der Waals surface area contributed by atoms with E-state index in [4.69, 9.17) is 0 Å². The van der Waals surface area contributed by atoms with Gasteiger partial charge in [0.15, 0.2) is 0 Å². The number of halogens is 3. The van der Waals surface area contributed by atoms with Crippen LogP contribution in [-0.4, -0.2) is 37.3 Å². The third kappa shape index (κ3) is 11.3. The molecule has 3 nitrogen and oxygen atoms in total. The second kappa shape index (κ2) is 7.67. The molecule has 0 aliphatic carbocycles. The molecule has 0 aliphatic heterocycles. The molecule has 0 heterocycles. The van der Waals surface area contributed by atoms with Gasteiger partial charge in [-0.15, -0.1) is 0 Å².